The van der Waals surface area contributed by atoms with Gasteiger partial charge in [-0.1, -0.05) is 12.8 Å². The van der Waals surface area contributed by atoms with Crippen molar-refractivity contribution in [1.29, 1.82) is 0 Å². The SMILES string of the molecule is CCOC(=O)C1CCCCCN1. The van der Waals surface area contributed by atoms with Crippen molar-refractivity contribution in [3.05, 3.63) is 0 Å². The lowest BCUT2D eigenvalue weighted by atomic mass is 10.1. The van der Waals surface area contributed by atoms with E-state index in [-0.39, 0.29) is 12.0 Å². The van der Waals surface area contributed by atoms with Crippen molar-refractivity contribution in [3.8, 4) is 0 Å². The summed E-state index contributed by atoms with van der Waals surface area (Å²) < 4.78 is 4.94. The molecule has 1 aliphatic heterocycles. The zero-order valence-electron chi connectivity index (χ0n) is 7.64. The third-order valence-electron chi connectivity index (χ3n) is 2.13. The Balaban J connectivity index is 2.32. The highest BCUT2D eigenvalue weighted by molar-refractivity contribution is 5.75. The first kappa shape index (κ1) is 9.52. The molecule has 0 aromatic carbocycles. The number of ether oxygens (including phenoxy) is 1. The molecule has 0 saturated carbocycles. The van der Waals surface area contributed by atoms with Gasteiger partial charge in [-0.15, -0.1) is 0 Å². The molecule has 1 aliphatic rings. The lowest BCUT2D eigenvalue weighted by molar-refractivity contribution is -0.145. The van der Waals surface area contributed by atoms with Gasteiger partial charge in [0.1, 0.15) is 6.04 Å². The zero-order valence-corrected chi connectivity index (χ0v) is 7.64. The van der Waals surface area contributed by atoms with Crippen molar-refractivity contribution in [3.63, 3.8) is 0 Å². The maximum Gasteiger partial charge on any atom is 0.323 e. The Morgan fingerprint density at radius 2 is 2.33 bits per heavy atom. The quantitative estimate of drug-likeness (QED) is 0.632. The number of hydrogen-bond donors (Lipinski definition) is 1. The molecule has 0 aliphatic carbocycles. The molecule has 0 radical (unpaired) electrons. The van der Waals surface area contributed by atoms with Gasteiger partial charge >= 0.3 is 5.97 Å². The number of nitrogens with one attached hydrogen (secondary N) is 1. The molecule has 12 heavy (non-hydrogen) atoms. The highest BCUT2D eigenvalue weighted by Crippen LogP contribution is 2.09. The summed E-state index contributed by atoms with van der Waals surface area (Å²) in [5, 5.41) is 3.19. The Labute approximate surface area is 73.5 Å². The average Bonchev–Trinajstić information content (AvgIpc) is 2.32. The van der Waals surface area contributed by atoms with Crippen LogP contribution in [0.1, 0.15) is 32.6 Å². The van der Waals surface area contributed by atoms with Gasteiger partial charge in [0.05, 0.1) is 6.61 Å². The van der Waals surface area contributed by atoms with Crippen molar-refractivity contribution in [2.75, 3.05) is 13.2 Å². The standard InChI is InChI=1S/C9H17NO2/c1-2-12-9(11)8-6-4-3-5-7-10-8/h8,10H,2-7H2,1H3. The molecule has 1 unspecified atom stereocenters. The van der Waals surface area contributed by atoms with Gasteiger partial charge < -0.3 is 10.1 Å². The van der Waals surface area contributed by atoms with Crippen LogP contribution in [-0.4, -0.2) is 25.2 Å². The van der Waals surface area contributed by atoms with Crippen molar-refractivity contribution in [2.45, 2.75) is 38.6 Å². The predicted molar refractivity (Wildman–Crippen MR) is 46.9 cm³/mol. The van der Waals surface area contributed by atoms with Crippen molar-refractivity contribution >= 4 is 5.97 Å². The number of hydrogen-bond acceptors (Lipinski definition) is 3. The lowest BCUT2D eigenvalue weighted by Gasteiger charge is -2.13. The van der Waals surface area contributed by atoms with Gasteiger partial charge in [-0.05, 0) is 26.3 Å². The van der Waals surface area contributed by atoms with E-state index in [2.05, 4.69) is 5.32 Å². The highest BCUT2D eigenvalue weighted by Gasteiger charge is 2.19. The monoisotopic (exact) mass is 171 g/mol. The van der Waals surface area contributed by atoms with Gasteiger partial charge in [-0.25, -0.2) is 0 Å². The van der Waals surface area contributed by atoms with E-state index in [1.54, 1.807) is 0 Å². The minimum Gasteiger partial charge on any atom is -0.465 e. The van der Waals surface area contributed by atoms with Crippen LogP contribution in [0.3, 0.4) is 0 Å². The third-order valence-corrected chi connectivity index (χ3v) is 2.13. The van der Waals surface area contributed by atoms with Crippen LogP contribution in [0.2, 0.25) is 0 Å². The fourth-order valence-corrected chi connectivity index (χ4v) is 1.47. The topological polar surface area (TPSA) is 38.3 Å². The maximum atomic E-state index is 11.3. The molecule has 0 spiro atoms. The van der Waals surface area contributed by atoms with E-state index in [0.29, 0.717) is 6.61 Å². The first-order valence-electron chi connectivity index (χ1n) is 4.74. The Bertz CT molecular complexity index is 139. The van der Waals surface area contributed by atoms with E-state index in [1.165, 1.54) is 12.8 Å². The number of carbonyl (C=O) groups is 1. The van der Waals surface area contributed by atoms with Crippen molar-refractivity contribution in [2.24, 2.45) is 0 Å². The largest absolute Gasteiger partial charge is 0.465 e. The van der Waals surface area contributed by atoms with E-state index in [0.717, 1.165) is 19.4 Å². The molecule has 0 bridgehead atoms. The Hall–Kier alpha value is -0.570. The van der Waals surface area contributed by atoms with Gasteiger partial charge in [-0.3, -0.25) is 4.79 Å². The smallest absolute Gasteiger partial charge is 0.323 e. The molecule has 1 fully saturated rings. The van der Waals surface area contributed by atoms with E-state index in [9.17, 15) is 4.79 Å². The minimum absolute atomic E-state index is 0.0487. The van der Waals surface area contributed by atoms with E-state index in [1.807, 2.05) is 6.92 Å². The zero-order chi connectivity index (χ0) is 8.81. The van der Waals surface area contributed by atoms with Crippen LogP contribution in [0.25, 0.3) is 0 Å². The molecule has 1 saturated heterocycles. The fraction of sp³-hybridized carbons (Fsp3) is 0.889. The molecular weight excluding hydrogens is 154 g/mol. The van der Waals surface area contributed by atoms with E-state index in [4.69, 9.17) is 4.74 Å². The second-order valence-corrected chi connectivity index (χ2v) is 3.11. The van der Waals surface area contributed by atoms with Crippen LogP contribution in [-0.2, 0) is 9.53 Å². The minimum atomic E-state index is -0.0839. The summed E-state index contributed by atoms with van der Waals surface area (Å²) in [4.78, 5) is 11.3. The maximum absolute atomic E-state index is 11.3. The summed E-state index contributed by atoms with van der Waals surface area (Å²) in [6.07, 6.45) is 4.47. The summed E-state index contributed by atoms with van der Waals surface area (Å²) in [5.41, 5.74) is 0. The second-order valence-electron chi connectivity index (χ2n) is 3.11. The fourth-order valence-electron chi connectivity index (χ4n) is 1.47. The summed E-state index contributed by atoms with van der Waals surface area (Å²) >= 11 is 0. The molecule has 0 aromatic rings. The molecule has 70 valence electrons. The lowest BCUT2D eigenvalue weighted by Crippen LogP contribution is -2.37. The van der Waals surface area contributed by atoms with Gasteiger partial charge in [0.15, 0.2) is 0 Å². The van der Waals surface area contributed by atoms with Crippen LogP contribution in [0.5, 0.6) is 0 Å². The first-order chi connectivity index (χ1) is 5.84. The summed E-state index contributed by atoms with van der Waals surface area (Å²) in [6.45, 7) is 3.27. The predicted octanol–water partition coefficient (Wildman–Crippen LogP) is 1.08. The molecule has 1 N–H and O–H groups in total. The van der Waals surface area contributed by atoms with Crippen LogP contribution in [0.15, 0.2) is 0 Å². The normalized spacial score (nSPS) is 24.6. The Kier molecular flexibility index (Phi) is 4.08. The van der Waals surface area contributed by atoms with Gasteiger partial charge in [0.2, 0.25) is 0 Å². The van der Waals surface area contributed by atoms with Crippen LogP contribution < -0.4 is 5.32 Å². The molecule has 1 heterocycles. The van der Waals surface area contributed by atoms with Crippen molar-refractivity contribution in [1.82, 2.24) is 5.32 Å². The van der Waals surface area contributed by atoms with Crippen LogP contribution in [0, 0.1) is 0 Å². The number of carbonyl (C=O) groups excluding carboxylic acids is 1. The van der Waals surface area contributed by atoms with Crippen LogP contribution >= 0.6 is 0 Å². The molecule has 3 heteroatoms. The number of rotatable bonds is 2. The molecule has 1 rings (SSSR count). The molecule has 3 nitrogen and oxygen atoms in total. The summed E-state index contributed by atoms with van der Waals surface area (Å²) in [7, 11) is 0. The Morgan fingerprint density at radius 1 is 1.50 bits per heavy atom. The van der Waals surface area contributed by atoms with Gasteiger partial charge in [0, 0.05) is 0 Å². The van der Waals surface area contributed by atoms with Gasteiger partial charge in [-0.2, -0.15) is 0 Å². The van der Waals surface area contributed by atoms with E-state index < -0.39 is 0 Å². The first-order valence-corrected chi connectivity index (χ1v) is 4.74. The van der Waals surface area contributed by atoms with Crippen LogP contribution in [0.4, 0.5) is 0 Å². The molecule has 1 atom stereocenters. The van der Waals surface area contributed by atoms with Crippen molar-refractivity contribution < 1.29 is 9.53 Å². The third kappa shape index (κ3) is 2.81. The average molecular weight is 171 g/mol. The van der Waals surface area contributed by atoms with E-state index >= 15 is 0 Å². The molecule has 0 aromatic heterocycles. The number of esters is 1. The summed E-state index contributed by atoms with van der Waals surface area (Å²) in [5.74, 6) is -0.0839. The molecular formula is C9H17NO2. The Morgan fingerprint density at radius 3 is 3.08 bits per heavy atom. The summed E-state index contributed by atoms with van der Waals surface area (Å²) in [6, 6.07) is -0.0487. The second kappa shape index (κ2) is 5.14. The molecule has 0 amide bonds. The highest BCUT2D eigenvalue weighted by atomic mass is 16.5. The van der Waals surface area contributed by atoms with Gasteiger partial charge in [0.25, 0.3) is 0 Å².